The first-order valence-corrected chi connectivity index (χ1v) is 4.10. The summed E-state index contributed by atoms with van der Waals surface area (Å²) >= 11 is 0. The molecule has 3 heteroatoms. The zero-order valence-corrected chi connectivity index (χ0v) is 7.25. The molecule has 1 fully saturated rings. The summed E-state index contributed by atoms with van der Waals surface area (Å²) in [6.45, 7) is 0. The Labute approximate surface area is 67.9 Å². The van der Waals surface area contributed by atoms with E-state index in [4.69, 9.17) is 15.2 Å². The van der Waals surface area contributed by atoms with Gasteiger partial charge < -0.3 is 15.2 Å². The summed E-state index contributed by atoms with van der Waals surface area (Å²) in [6.07, 6.45) is 3.67. The molecule has 1 rings (SSSR count). The van der Waals surface area contributed by atoms with Crippen LogP contribution in [0.25, 0.3) is 0 Å². The molecule has 0 heterocycles. The van der Waals surface area contributed by atoms with Crippen LogP contribution in [0.3, 0.4) is 0 Å². The lowest BCUT2D eigenvalue weighted by atomic mass is 9.90. The van der Waals surface area contributed by atoms with Crippen molar-refractivity contribution in [2.45, 2.75) is 37.5 Å². The van der Waals surface area contributed by atoms with E-state index in [1.54, 1.807) is 14.2 Å². The summed E-state index contributed by atoms with van der Waals surface area (Å²) in [4.78, 5) is 0. The SMILES string of the molecule is CO[C@H]1CCC[C@@H](OC)[C@@H]1N. The van der Waals surface area contributed by atoms with Crippen molar-refractivity contribution in [3.05, 3.63) is 0 Å². The minimum atomic E-state index is 0.0544. The topological polar surface area (TPSA) is 44.5 Å². The van der Waals surface area contributed by atoms with Crippen molar-refractivity contribution in [2.24, 2.45) is 5.73 Å². The van der Waals surface area contributed by atoms with Crippen LogP contribution in [0.2, 0.25) is 0 Å². The zero-order valence-electron chi connectivity index (χ0n) is 7.25. The van der Waals surface area contributed by atoms with Gasteiger partial charge in [-0.05, 0) is 19.3 Å². The van der Waals surface area contributed by atoms with Crippen molar-refractivity contribution in [3.8, 4) is 0 Å². The van der Waals surface area contributed by atoms with Gasteiger partial charge in [0.1, 0.15) is 0 Å². The van der Waals surface area contributed by atoms with Crippen molar-refractivity contribution in [1.82, 2.24) is 0 Å². The Bertz CT molecular complexity index is 107. The first-order valence-electron chi connectivity index (χ1n) is 4.10. The summed E-state index contributed by atoms with van der Waals surface area (Å²) in [5, 5.41) is 0. The highest BCUT2D eigenvalue weighted by atomic mass is 16.5. The monoisotopic (exact) mass is 159 g/mol. The first-order chi connectivity index (χ1) is 5.29. The van der Waals surface area contributed by atoms with Gasteiger partial charge in [-0.2, -0.15) is 0 Å². The van der Waals surface area contributed by atoms with Crippen LogP contribution in [-0.2, 0) is 9.47 Å². The van der Waals surface area contributed by atoms with Crippen LogP contribution in [0.4, 0.5) is 0 Å². The lowest BCUT2D eigenvalue weighted by Crippen LogP contribution is -2.49. The van der Waals surface area contributed by atoms with E-state index in [9.17, 15) is 0 Å². The van der Waals surface area contributed by atoms with Gasteiger partial charge in [0.15, 0.2) is 0 Å². The summed E-state index contributed by atoms with van der Waals surface area (Å²) in [6, 6.07) is 0.0544. The van der Waals surface area contributed by atoms with E-state index in [0.717, 1.165) is 19.3 Å². The molecule has 66 valence electrons. The molecule has 1 saturated carbocycles. The van der Waals surface area contributed by atoms with E-state index in [1.165, 1.54) is 0 Å². The van der Waals surface area contributed by atoms with Crippen LogP contribution in [0.1, 0.15) is 19.3 Å². The highest BCUT2D eigenvalue weighted by molar-refractivity contribution is 4.86. The summed E-state index contributed by atoms with van der Waals surface area (Å²) in [7, 11) is 3.42. The number of nitrogens with two attached hydrogens (primary N) is 1. The van der Waals surface area contributed by atoms with Gasteiger partial charge >= 0.3 is 0 Å². The Morgan fingerprint density at radius 2 is 1.55 bits per heavy atom. The normalized spacial score (nSPS) is 39.0. The van der Waals surface area contributed by atoms with Gasteiger partial charge in [-0.1, -0.05) is 0 Å². The predicted octanol–water partition coefficient (Wildman–Crippen LogP) is 0.528. The maximum Gasteiger partial charge on any atom is 0.0747 e. The molecule has 0 aromatic heterocycles. The van der Waals surface area contributed by atoms with Crippen molar-refractivity contribution in [2.75, 3.05) is 14.2 Å². The Hall–Kier alpha value is -0.120. The average Bonchev–Trinajstić information content (AvgIpc) is 2.05. The fraction of sp³-hybridized carbons (Fsp3) is 1.00. The molecule has 0 aromatic carbocycles. The molecule has 0 bridgehead atoms. The van der Waals surface area contributed by atoms with E-state index in [2.05, 4.69) is 0 Å². The number of ether oxygens (including phenoxy) is 2. The van der Waals surface area contributed by atoms with Gasteiger partial charge in [0.05, 0.1) is 18.2 Å². The third-order valence-corrected chi connectivity index (χ3v) is 2.44. The third kappa shape index (κ3) is 1.92. The van der Waals surface area contributed by atoms with Crippen LogP contribution in [0.5, 0.6) is 0 Å². The molecular weight excluding hydrogens is 142 g/mol. The Morgan fingerprint density at radius 1 is 1.09 bits per heavy atom. The zero-order chi connectivity index (χ0) is 8.27. The van der Waals surface area contributed by atoms with E-state index < -0.39 is 0 Å². The largest absolute Gasteiger partial charge is 0.380 e. The fourth-order valence-corrected chi connectivity index (χ4v) is 1.69. The van der Waals surface area contributed by atoms with Gasteiger partial charge in [-0.15, -0.1) is 0 Å². The predicted molar refractivity (Wildman–Crippen MR) is 43.4 cm³/mol. The summed E-state index contributed by atoms with van der Waals surface area (Å²) in [5.74, 6) is 0. The quantitative estimate of drug-likeness (QED) is 0.639. The van der Waals surface area contributed by atoms with E-state index in [-0.39, 0.29) is 18.2 Å². The number of methoxy groups -OCH3 is 2. The molecule has 1 aliphatic rings. The first kappa shape index (κ1) is 8.97. The molecule has 0 aliphatic heterocycles. The molecule has 1 aliphatic carbocycles. The number of hydrogen-bond acceptors (Lipinski definition) is 3. The third-order valence-electron chi connectivity index (χ3n) is 2.44. The minimum Gasteiger partial charge on any atom is -0.380 e. The summed E-state index contributed by atoms with van der Waals surface area (Å²) < 4.78 is 10.5. The molecule has 3 nitrogen and oxygen atoms in total. The van der Waals surface area contributed by atoms with E-state index in [1.807, 2.05) is 0 Å². The van der Waals surface area contributed by atoms with Crippen LogP contribution in [-0.4, -0.2) is 32.5 Å². The highest BCUT2D eigenvalue weighted by Gasteiger charge is 2.30. The highest BCUT2D eigenvalue weighted by Crippen LogP contribution is 2.21. The van der Waals surface area contributed by atoms with Gasteiger partial charge in [0, 0.05) is 14.2 Å². The standard InChI is InChI=1S/C8H17NO2/c1-10-6-4-3-5-7(11-2)8(6)9/h6-8H,3-5,9H2,1-2H3/t6-,7+,8+. The molecular formula is C8H17NO2. The maximum atomic E-state index is 5.89. The molecule has 0 saturated heterocycles. The molecule has 0 unspecified atom stereocenters. The smallest absolute Gasteiger partial charge is 0.0747 e. The van der Waals surface area contributed by atoms with Crippen molar-refractivity contribution >= 4 is 0 Å². The molecule has 11 heavy (non-hydrogen) atoms. The Kier molecular flexibility index (Phi) is 3.30. The average molecular weight is 159 g/mol. The van der Waals surface area contributed by atoms with Crippen LogP contribution >= 0.6 is 0 Å². The Balaban J connectivity index is 2.45. The molecule has 3 atom stereocenters. The minimum absolute atomic E-state index is 0.0544. The van der Waals surface area contributed by atoms with Crippen LogP contribution < -0.4 is 5.73 Å². The van der Waals surface area contributed by atoms with Gasteiger partial charge in [0.2, 0.25) is 0 Å². The fourth-order valence-electron chi connectivity index (χ4n) is 1.69. The second-order valence-electron chi connectivity index (χ2n) is 3.06. The van der Waals surface area contributed by atoms with E-state index >= 15 is 0 Å². The molecule has 0 radical (unpaired) electrons. The Morgan fingerprint density at radius 3 is 1.91 bits per heavy atom. The van der Waals surface area contributed by atoms with E-state index in [0.29, 0.717) is 0 Å². The van der Waals surface area contributed by atoms with Crippen LogP contribution in [0, 0.1) is 0 Å². The molecule has 2 N–H and O–H groups in total. The molecule has 0 aromatic rings. The van der Waals surface area contributed by atoms with Gasteiger partial charge in [-0.25, -0.2) is 0 Å². The van der Waals surface area contributed by atoms with Crippen molar-refractivity contribution in [1.29, 1.82) is 0 Å². The molecule has 0 spiro atoms. The van der Waals surface area contributed by atoms with Crippen molar-refractivity contribution in [3.63, 3.8) is 0 Å². The van der Waals surface area contributed by atoms with Gasteiger partial charge in [0.25, 0.3) is 0 Å². The second kappa shape index (κ2) is 4.04. The van der Waals surface area contributed by atoms with Crippen molar-refractivity contribution < 1.29 is 9.47 Å². The maximum absolute atomic E-state index is 5.89. The molecule has 0 amide bonds. The lowest BCUT2D eigenvalue weighted by Gasteiger charge is -2.33. The second-order valence-corrected chi connectivity index (χ2v) is 3.06. The lowest BCUT2D eigenvalue weighted by molar-refractivity contribution is -0.0279. The van der Waals surface area contributed by atoms with Crippen LogP contribution in [0.15, 0.2) is 0 Å². The van der Waals surface area contributed by atoms with Gasteiger partial charge in [-0.3, -0.25) is 0 Å². The summed E-state index contributed by atoms with van der Waals surface area (Å²) in [5.41, 5.74) is 5.89. The number of rotatable bonds is 2. The number of hydrogen-bond donors (Lipinski definition) is 1.